The van der Waals surface area contributed by atoms with Crippen LogP contribution in [0.5, 0.6) is 0 Å². The maximum Gasteiger partial charge on any atom is 0.348 e. The summed E-state index contributed by atoms with van der Waals surface area (Å²) in [4.78, 5) is 0. The average molecular weight is 242 g/mol. The Balaban J connectivity index is 2.86. The molecule has 0 aliphatic heterocycles. The number of allylic oxidation sites excluding steroid dienone is 2. The van der Waals surface area contributed by atoms with Gasteiger partial charge in [0.05, 0.1) is 0 Å². The van der Waals surface area contributed by atoms with Crippen molar-refractivity contribution in [3.63, 3.8) is 0 Å². The molecule has 2 nitrogen and oxygen atoms in total. The first-order valence-corrected chi connectivity index (χ1v) is 4.79. The number of hydrogen-bond donors (Lipinski definition) is 2. The van der Waals surface area contributed by atoms with E-state index in [0.29, 0.717) is 6.08 Å². The highest BCUT2D eigenvalue weighted by Crippen LogP contribution is 2.52. The van der Waals surface area contributed by atoms with E-state index in [1.165, 1.54) is 18.2 Å². The second-order valence-corrected chi connectivity index (χ2v) is 3.73. The van der Waals surface area contributed by atoms with E-state index in [4.69, 9.17) is 0 Å². The lowest BCUT2D eigenvalue weighted by Gasteiger charge is -2.35. The SMILES string of the molecule is C=CC1(F)c2ccccc2C(O)=C(O)C1(F)F. The molecule has 2 N–H and O–H groups in total. The van der Waals surface area contributed by atoms with Gasteiger partial charge in [-0.2, -0.15) is 8.78 Å². The lowest BCUT2D eigenvalue weighted by Crippen LogP contribution is -2.45. The molecule has 17 heavy (non-hydrogen) atoms. The molecule has 0 radical (unpaired) electrons. The molecule has 1 aliphatic rings. The Hall–Kier alpha value is -1.91. The molecule has 0 amide bonds. The molecule has 1 aromatic carbocycles. The number of rotatable bonds is 1. The molecule has 0 saturated heterocycles. The van der Waals surface area contributed by atoms with Gasteiger partial charge >= 0.3 is 5.92 Å². The van der Waals surface area contributed by atoms with Crippen molar-refractivity contribution in [1.82, 2.24) is 0 Å². The van der Waals surface area contributed by atoms with Crippen LogP contribution in [0.1, 0.15) is 11.1 Å². The fourth-order valence-electron chi connectivity index (χ4n) is 1.86. The van der Waals surface area contributed by atoms with Crippen molar-refractivity contribution >= 4 is 5.76 Å². The summed E-state index contributed by atoms with van der Waals surface area (Å²) in [5.41, 5.74) is -3.83. The minimum atomic E-state index is -4.24. The fraction of sp³-hybridized carbons (Fsp3) is 0.167. The van der Waals surface area contributed by atoms with Crippen LogP contribution in [0.3, 0.4) is 0 Å². The summed E-state index contributed by atoms with van der Waals surface area (Å²) < 4.78 is 41.6. The molecule has 0 bridgehead atoms. The van der Waals surface area contributed by atoms with E-state index >= 15 is 0 Å². The van der Waals surface area contributed by atoms with Crippen molar-refractivity contribution in [1.29, 1.82) is 0 Å². The van der Waals surface area contributed by atoms with Gasteiger partial charge in [-0.1, -0.05) is 30.8 Å². The first-order chi connectivity index (χ1) is 7.86. The maximum absolute atomic E-state index is 14.3. The third-order valence-electron chi connectivity index (χ3n) is 2.83. The molecule has 1 atom stereocenters. The minimum absolute atomic E-state index is 0.168. The number of hydrogen-bond acceptors (Lipinski definition) is 2. The lowest BCUT2D eigenvalue weighted by molar-refractivity contribution is -0.114. The highest BCUT2D eigenvalue weighted by Gasteiger charge is 2.62. The van der Waals surface area contributed by atoms with Gasteiger partial charge in [-0.3, -0.25) is 0 Å². The molecule has 90 valence electrons. The van der Waals surface area contributed by atoms with Crippen LogP contribution in [0.4, 0.5) is 13.2 Å². The van der Waals surface area contributed by atoms with Gasteiger partial charge in [0.15, 0.2) is 5.76 Å². The zero-order valence-corrected chi connectivity index (χ0v) is 8.62. The second-order valence-electron chi connectivity index (χ2n) is 3.73. The quantitative estimate of drug-likeness (QED) is 0.740. The first-order valence-electron chi connectivity index (χ1n) is 4.79. The van der Waals surface area contributed by atoms with Gasteiger partial charge in [0, 0.05) is 11.1 Å². The summed E-state index contributed by atoms with van der Waals surface area (Å²) in [7, 11) is 0. The van der Waals surface area contributed by atoms with Gasteiger partial charge < -0.3 is 10.2 Å². The van der Waals surface area contributed by atoms with Crippen molar-refractivity contribution in [2.75, 3.05) is 0 Å². The molecular weight excluding hydrogens is 233 g/mol. The fourth-order valence-corrected chi connectivity index (χ4v) is 1.86. The summed E-state index contributed by atoms with van der Waals surface area (Å²) in [6.45, 7) is 3.04. The summed E-state index contributed by atoms with van der Waals surface area (Å²) in [5, 5.41) is 18.7. The summed E-state index contributed by atoms with van der Waals surface area (Å²) in [6, 6.07) is 5.17. The van der Waals surface area contributed by atoms with Crippen LogP contribution in [0.25, 0.3) is 5.76 Å². The minimum Gasteiger partial charge on any atom is -0.504 e. The topological polar surface area (TPSA) is 40.5 Å². The van der Waals surface area contributed by atoms with Crippen molar-refractivity contribution in [2.24, 2.45) is 0 Å². The van der Waals surface area contributed by atoms with Crippen LogP contribution in [0.15, 0.2) is 42.7 Å². The first kappa shape index (κ1) is 11.6. The van der Waals surface area contributed by atoms with E-state index in [-0.39, 0.29) is 5.56 Å². The number of alkyl halides is 3. The van der Waals surface area contributed by atoms with E-state index in [9.17, 15) is 23.4 Å². The third kappa shape index (κ3) is 1.22. The molecule has 2 rings (SSSR count). The smallest absolute Gasteiger partial charge is 0.348 e. The van der Waals surface area contributed by atoms with E-state index in [1.54, 1.807) is 0 Å². The van der Waals surface area contributed by atoms with Gasteiger partial charge in [-0.15, -0.1) is 0 Å². The number of fused-ring (bicyclic) bond motifs is 1. The van der Waals surface area contributed by atoms with Gasteiger partial charge in [-0.05, 0) is 6.08 Å². The van der Waals surface area contributed by atoms with Gasteiger partial charge in [0.25, 0.3) is 0 Å². The highest BCUT2D eigenvalue weighted by atomic mass is 19.3. The third-order valence-corrected chi connectivity index (χ3v) is 2.83. The average Bonchev–Trinajstić information content (AvgIpc) is 2.34. The Kier molecular flexibility index (Phi) is 2.24. The zero-order chi connectivity index (χ0) is 12.8. The van der Waals surface area contributed by atoms with Crippen LogP contribution in [0.2, 0.25) is 0 Å². The van der Waals surface area contributed by atoms with E-state index in [1.807, 2.05) is 0 Å². The molecule has 1 unspecified atom stereocenters. The Morgan fingerprint density at radius 1 is 1.12 bits per heavy atom. The summed E-state index contributed by atoms with van der Waals surface area (Å²) in [5.74, 6) is -6.94. The van der Waals surface area contributed by atoms with Crippen LogP contribution in [0, 0.1) is 0 Å². The highest BCUT2D eigenvalue weighted by molar-refractivity contribution is 5.70. The Bertz CT molecular complexity index is 522. The van der Waals surface area contributed by atoms with Crippen LogP contribution in [-0.2, 0) is 5.67 Å². The number of benzene rings is 1. The zero-order valence-electron chi connectivity index (χ0n) is 8.62. The van der Waals surface area contributed by atoms with E-state index in [2.05, 4.69) is 6.58 Å². The van der Waals surface area contributed by atoms with Crippen molar-refractivity contribution in [3.05, 3.63) is 53.8 Å². The van der Waals surface area contributed by atoms with Crippen LogP contribution in [-0.4, -0.2) is 16.1 Å². The molecule has 0 heterocycles. The Morgan fingerprint density at radius 3 is 2.29 bits per heavy atom. The van der Waals surface area contributed by atoms with Crippen LogP contribution < -0.4 is 0 Å². The van der Waals surface area contributed by atoms with Crippen molar-refractivity contribution in [3.8, 4) is 0 Å². The lowest BCUT2D eigenvalue weighted by atomic mass is 9.80. The van der Waals surface area contributed by atoms with E-state index < -0.39 is 28.7 Å². The van der Waals surface area contributed by atoms with Gasteiger partial charge in [0.1, 0.15) is 0 Å². The number of aliphatic hydroxyl groups is 2. The van der Waals surface area contributed by atoms with Crippen molar-refractivity contribution in [2.45, 2.75) is 11.6 Å². The van der Waals surface area contributed by atoms with Gasteiger partial charge in [-0.25, -0.2) is 4.39 Å². The predicted octanol–water partition coefficient (Wildman–Crippen LogP) is 3.47. The van der Waals surface area contributed by atoms with Crippen LogP contribution >= 0.6 is 0 Å². The molecule has 1 aromatic rings. The van der Waals surface area contributed by atoms with Crippen molar-refractivity contribution < 1.29 is 23.4 Å². The van der Waals surface area contributed by atoms with E-state index in [0.717, 1.165) is 6.07 Å². The molecule has 0 aromatic heterocycles. The molecule has 1 aliphatic carbocycles. The standard InChI is InChI=1S/C12H9F3O2/c1-2-11(13)8-6-4-3-5-7(8)9(16)10(17)12(11,14)15/h2-6,16-17H,1H2. The molecule has 5 heteroatoms. The second kappa shape index (κ2) is 3.29. The Labute approximate surface area is 95.3 Å². The molecule has 0 spiro atoms. The molecular formula is C12H9F3O2. The number of aliphatic hydroxyl groups excluding tert-OH is 2. The summed E-state index contributed by atoms with van der Waals surface area (Å²) in [6.07, 6.45) is 0.425. The molecule has 0 fully saturated rings. The van der Waals surface area contributed by atoms with Gasteiger partial charge in [0.2, 0.25) is 11.4 Å². The maximum atomic E-state index is 14.3. The Morgan fingerprint density at radius 2 is 1.71 bits per heavy atom. The predicted molar refractivity (Wildman–Crippen MR) is 56.5 cm³/mol. The molecule has 0 saturated carbocycles. The summed E-state index contributed by atoms with van der Waals surface area (Å²) >= 11 is 0. The number of halogens is 3. The monoisotopic (exact) mass is 242 g/mol. The normalized spacial score (nSPS) is 26.5. The largest absolute Gasteiger partial charge is 0.504 e.